The van der Waals surface area contributed by atoms with Crippen molar-refractivity contribution < 1.29 is 9.18 Å². The molecule has 1 aromatic carbocycles. The molecule has 128 valence electrons. The molecule has 0 radical (unpaired) electrons. The molecule has 2 aliphatic rings. The Hall–Kier alpha value is -1.92. The fourth-order valence-electron chi connectivity index (χ4n) is 3.57. The highest BCUT2D eigenvalue weighted by Crippen LogP contribution is 2.30. The van der Waals surface area contributed by atoms with Crippen molar-refractivity contribution in [2.45, 2.75) is 38.3 Å². The van der Waals surface area contributed by atoms with E-state index in [4.69, 9.17) is 0 Å². The summed E-state index contributed by atoms with van der Waals surface area (Å²) in [5.41, 5.74) is 4.49. The number of nitrogens with zero attached hydrogens (tertiary/aromatic N) is 1. The third-order valence-corrected chi connectivity index (χ3v) is 4.75. The Kier molecular flexibility index (Phi) is 4.87. The third kappa shape index (κ3) is 3.03. The van der Waals surface area contributed by atoms with Gasteiger partial charge in [0.1, 0.15) is 5.82 Å². The highest BCUT2D eigenvalue weighted by molar-refractivity contribution is 5.94. The van der Waals surface area contributed by atoms with Gasteiger partial charge in [-0.15, -0.1) is 12.4 Å². The number of benzene rings is 1. The molecule has 1 amide bonds. The average Bonchev–Trinajstić information content (AvgIpc) is 2.99. The molecule has 0 spiro atoms. The lowest BCUT2D eigenvalue weighted by molar-refractivity contribution is 0.0926. The number of nitrogens with one attached hydrogen (secondary N) is 3. The number of hydrogen-bond acceptors (Lipinski definition) is 3. The van der Waals surface area contributed by atoms with Gasteiger partial charge in [0.25, 0.3) is 5.91 Å². The summed E-state index contributed by atoms with van der Waals surface area (Å²) >= 11 is 0. The van der Waals surface area contributed by atoms with Crippen LogP contribution in [0.15, 0.2) is 18.2 Å². The maximum atomic E-state index is 13.4. The number of aryl methyl sites for hydroxylation is 1. The number of fused-ring (bicyclic) bond motifs is 2. The highest BCUT2D eigenvalue weighted by Gasteiger charge is 2.26. The second-order valence-corrected chi connectivity index (χ2v) is 6.22. The van der Waals surface area contributed by atoms with Gasteiger partial charge in [-0.05, 0) is 42.5 Å². The first-order valence-electron chi connectivity index (χ1n) is 8.08. The minimum absolute atomic E-state index is 0. The van der Waals surface area contributed by atoms with Crippen molar-refractivity contribution in [1.82, 2.24) is 20.8 Å². The molecule has 4 rings (SSSR count). The topological polar surface area (TPSA) is 69.8 Å². The number of carbonyl (C=O) groups is 1. The van der Waals surface area contributed by atoms with Crippen LogP contribution in [-0.2, 0) is 19.4 Å². The van der Waals surface area contributed by atoms with Crippen molar-refractivity contribution in [3.8, 4) is 0 Å². The molecule has 3 N–H and O–H groups in total. The standard InChI is InChI=1S/C17H19FN4O.ClH/c18-11-4-5-12-10(8-11)2-1-3-14(12)20-17(23)16-13-9-19-7-6-15(13)21-22-16;/h4-5,8,14,19H,1-3,6-7,9H2,(H,20,23)(H,21,22);1H. The van der Waals surface area contributed by atoms with Gasteiger partial charge in [0.2, 0.25) is 0 Å². The Morgan fingerprint density at radius 1 is 1.33 bits per heavy atom. The fourth-order valence-corrected chi connectivity index (χ4v) is 3.57. The van der Waals surface area contributed by atoms with Gasteiger partial charge in [-0.3, -0.25) is 9.89 Å². The molecule has 1 aliphatic heterocycles. The maximum Gasteiger partial charge on any atom is 0.272 e. The van der Waals surface area contributed by atoms with E-state index in [1.165, 1.54) is 6.07 Å². The normalized spacial score (nSPS) is 19.0. The van der Waals surface area contributed by atoms with Crippen LogP contribution in [0.4, 0.5) is 4.39 Å². The van der Waals surface area contributed by atoms with E-state index in [9.17, 15) is 9.18 Å². The van der Waals surface area contributed by atoms with Crippen LogP contribution >= 0.6 is 12.4 Å². The first-order valence-corrected chi connectivity index (χ1v) is 8.08. The number of aromatic nitrogens is 2. The summed E-state index contributed by atoms with van der Waals surface area (Å²) in [6.45, 7) is 1.57. The zero-order valence-corrected chi connectivity index (χ0v) is 14.0. The van der Waals surface area contributed by atoms with Gasteiger partial charge in [-0.25, -0.2) is 4.39 Å². The van der Waals surface area contributed by atoms with Crippen LogP contribution in [0, 0.1) is 5.82 Å². The van der Waals surface area contributed by atoms with Crippen molar-refractivity contribution in [1.29, 1.82) is 0 Å². The molecule has 0 fully saturated rings. The Balaban J connectivity index is 0.00000169. The Morgan fingerprint density at radius 3 is 3.08 bits per heavy atom. The SMILES string of the molecule is Cl.O=C(NC1CCCc2cc(F)ccc21)c1n[nH]c2c1CNCC2. The van der Waals surface area contributed by atoms with Gasteiger partial charge in [0.15, 0.2) is 5.69 Å². The molecular formula is C17H20ClFN4O. The molecule has 2 aromatic rings. The van der Waals surface area contributed by atoms with E-state index in [-0.39, 0.29) is 30.2 Å². The number of rotatable bonds is 2. The van der Waals surface area contributed by atoms with E-state index in [0.717, 1.165) is 54.6 Å². The molecule has 0 saturated carbocycles. The van der Waals surface area contributed by atoms with Crippen LogP contribution in [0.5, 0.6) is 0 Å². The van der Waals surface area contributed by atoms with E-state index < -0.39 is 0 Å². The minimum atomic E-state index is -0.219. The Bertz CT molecular complexity index is 761. The number of H-pyrrole nitrogens is 1. The summed E-state index contributed by atoms with van der Waals surface area (Å²) in [6, 6.07) is 4.75. The first kappa shape index (κ1) is 16.9. The monoisotopic (exact) mass is 350 g/mol. The molecule has 5 nitrogen and oxygen atoms in total. The predicted octanol–water partition coefficient (Wildman–Crippen LogP) is 2.42. The summed E-state index contributed by atoms with van der Waals surface area (Å²) < 4.78 is 13.4. The van der Waals surface area contributed by atoms with Crippen molar-refractivity contribution >= 4 is 18.3 Å². The largest absolute Gasteiger partial charge is 0.344 e. The summed E-state index contributed by atoms with van der Waals surface area (Å²) in [7, 11) is 0. The van der Waals surface area contributed by atoms with Gasteiger partial charge >= 0.3 is 0 Å². The number of hydrogen-bond donors (Lipinski definition) is 3. The lowest BCUT2D eigenvalue weighted by atomic mass is 9.87. The quantitative estimate of drug-likeness (QED) is 0.779. The lowest BCUT2D eigenvalue weighted by Gasteiger charge is -2.26. The number of aromatic amines is 1. The van der Waals surface area contributed by atoms with Gasteiger partial charge in [0.05, 0.1) is 6.04 Å². The van der Waals surface area contributed by atoms with E-state index >= 15 is 0 Å². The molecule has 0 saturated heterocycles. The fraction of sp³-hybridized carbons (Fsp3) is 0.412. The van der Waals surface area contributed by atoms with Crippen LogP contribution in [-0.4, -0.2) is 22.6 Å². The molecule has 1 aliphatic carbocycles. The summed E-state index contributed by atoms with van der Waals surface area (Å²) in [4.78, 5) is 12.6. The zero-order chi connectivity index (χ0) is 15.8. The van der Waals surface area contributed by atoms with Gasteiger partial charge in [0, 0.05) is 30.8 Å². The van der Waals surface area contributed by atoms with Gasteiger partial charge in [-0.2, -0.15) is 5.10 Å². The summed E-state index contributed by atoms with van der Waals surface area (Å²) in [6.07, 6.45) is 3.54. The van der Waals surface area contributed by atoms with E-state index in [1.54, 1.807) is 12.1 Å². The first-order chi connectivity index (χ1) is 11.2. The highest BCUT2D eigenvalue weighted by atomic mass is 35.5. The Morgan fingerprint density at radius 2 is 2.21 bits per heavy atom. The Labute approximate surface area is 145 Å². The van der Waals surface area contributed by atoms with Crippen molar-refractivity contribution in [3.63, 3.8) is 0 Å². The smallest absolute Gasteiger partial charge is 0.272 e. The zero-order valence-electron chi connectivity index (χ0n) is 13.2. The van der Waals surface area contributed by atoms with E-state index in [0.29, 0.717) is 12.2 Å². The number of halogens is 2. The van der Waals surface area contributed by atoms with Crippen LogP contribution in [0.1, 0.15) is 51.8 Å². The van der Waals surface area contributed by atoms with Gasteiger partial charge in [-0.1, -0.05) is 6.07 Å². The molecule has 1 unspecified atom stereocenters. The second-order valence-electron chi connectivity index (χ2n) is 6.22. The number of amides is 1. The second kappa shape index (κ2) is 6.91. The van der Waals surface area contributed by atoms with E-state index in [1.807, 2.05) is 0 Å². The minimum Gasteiger partial charge on any atom is -0.344 e. The van der Waals surface area contributed by atoms with Crippen molar-refractivity contribution in [2.75, 3.05) is 6.54 Å². The van der Waals surface area contributed by atoms with Gasteiger partial charge < -0.3 is 10.6 Å². The molecule has 7 heteroatoms. The van der Waals surface area contributed by atoms with Crippen LogP contribution in [0.3, 0.4) is 0 Å². The predicted molar refractivity (Wildman–Crippen MR) is 90.8 cm³/mol. The molecule has 1 atom stereocenters. The van der Waals surface area contributed by atoms with Crippen LogP contribution in [0.25, 0.3) is 0 Å². The maximum absolute atomic E-state index is 13.4. The van der Waals surface area contributed by atoms with Crippen molar-refractivity contribution in [3.05, 3.63) is 52.1 Å². The summed E-state index contributed by atoms with van der Waals surface area (Å²) in [5.74, 6) is -0.378. The molecule has 1 aromatic heterocycles. The third-order valence-electron chi connectivity index (χ3n) is 4.75. The van der Waals surface area contributed by atoms with Crippen LogP contribution < -0.4 is 10.6 Å². The molecule has 24 heavy (non-hydrogen) atoms. The lowest BCUT2D eigenvalue weighted by Crippen LogP contribution is -2.33. The molecular weight excluding hydrogens is 331 g/mol. The van der Waals surface area contributed by atoms with Crippen LogP contribution in [0.2, 0.25) is 0 Å². The molecule has 2 heterocycles. The average molecular weight is 351 g/mol. The summed E-state index contributed by atoms with van der Waals surface area (Å²) in [5, 5.41) is 13.5. The number of carbonyl (C=O) groups excluding carboxylic acids is 1. The molecule has 0 bridgehead atoms. The van der Waals surface area contributed by atoms with Crippen molar-refractivity contribution in [2.24, 2.45) is 0 Å². The van der Waals surface area contributed by atoms with E-state index in [2.05, 4.69) is 20.8 Å².